The Labute approximate surface area is 86.4 Å². The van der Waals surface area contributed by atoms with Crippen LogP contribution in [0.25, 0.3) is 0 Å². The molecule has 0 N–H and O–H groups in total. The summed E-state index contributed by atoms with van der Waals surface area (Å²) in [6.45, 7) is 3.45. The van der Waals surface area contributed by atoms with Gasteiger partial charge in [0.05, 0.1) is 6.54 Å². The number of carbonyl (C=O) groups is 1. The Morgan fingerprint density at radius 1 is 1.47 bits per heavy atom. The number of nitrogens with zero attached hydrogens (tertiary/aromatic N) is 2. The molecule has 80 valence electrons. The van der Waals surface area contributed by atoms with Crippen LogP contribution in [0, 0.1) is 0 Å². The molecule has 0 aliphatic rings. The van der Waals surface area contributed by atoms with Gasteiger partial charge in [-0.25, -0.2) is 19.4 Å². The van der Waals surface area contributed by atoms with Crippen molar-refractivity contribution < 1.29 is 19.1 Å². The number of aliphatic imine (C=N–C) groups is 2. The summed E-state index contributed by atoms with van der Waals surface area (Å²) in [5, 5.41) is 0. The van der Waals surface area contributed by atoms with E-state index in [1.165, 1.54) is 12.2 Å². The molecule has 0 aromatic heterocycles. The lowest BCUT2D eigenvalue weighted by molar-refractivity contribution is -0.142. The van der Waals surface area contributed by atoms with Gasteiger partial charge >= 0.3 is 5.97 Å². The average molecular weight is 210 g/mol. The van der Waals surface area contributed by atoms with E-state index in [1.54, 1.807) is 0 Å². The number of rotatable bonds is 7. The topological polar surface area (TPSA) is 85.2 Å². The number of esters is 1. The third kappa shape index (κ3) is 7.07. The van der Waals surface area contributed by atoms with Gasteiger partial charge in [0.15, 0.2) is 0 Å². The van der Waals surface area contributed by atoms with Crippen molar-refractivity contribution >= 4 is 18.1 Å². The molecule has 0 bridgehead atoms. The Hall–Kier alpha value is -2.03. The first-order chi connectivity index (χ1) is 7.24. The first kappa shape index (κ1) is 13.0. The Bertz CT molecular complexity index is 314. The molecule has 0 aromatic carbocycles. The van der Waals surface area contributed by atoms with Crippen LogP contribution in [0.3, 0.4) is 0 Å². The second-order valence-corrected chi connectivity index (χ2v) is 2.43. The number of hydrogen-bond acceptors (Lipinski definition) is 6. The zero-order valence-electron chi connectivity index (χ0n) is 8.01. The van der Waals surface area contributed by atoms with Crippen LogP contribution in [0.5, 0.6) is 0 Å². The van der Waals surface area contributed by atoms with Gasteiger partial charge in [-0.2, -0.15) is 4.99 Å². The van der Waals surface area contributed by atoms with E-state index in [0.717, 1.165) is 6.08 Å². The van der Waals surface area contributed by atoms with Crippen molar-refractivity contribution in [3.05, 3.63) is 12.7 Å². The minimum absolute atomic E-state index is 0.250. The second kappa shape index (κ2) is 8.56. The zero-order chi connectivity index (χ0) is 11.5. The van der Waals surface area contributed by atoms with Crippen molar-refractivity contribution in [1.29, 1.82) is 0 Å². The summed E-state index contributed by atoms with van der Waals surface area (Å²) in [7, 11) is 0. The largest absolute Gasteiger partial charge is 0.436 e. The van der Waals surface area contributed by atoms with Gasteiger partial charge in [-0.3, -0.25) is 0 Å². The summed E-state index contributed by atoms with van der Waals surface area (Å²) in [5.41, 5.74) is 0. The summed E-state index contributed by atoms with van der Waals surface area (Å²) in [5.74, 6) is -0.669. The predicted molar refractivity (Wildman–Crippen MR) is 50.4 cm³/mol. The predicted octanol–water partition coefficient (Wildman–Crippen LogP) is 0.493. The maximum absolute atomic E-state index is 10.8. The van der Waals surface area contributed by atoms with Crippen molar-refractivity contribution in [2.75, 3.05) is 6.54 Å². The molecule has 0 fully saturated rings. The molecule has 0 heterocycles. The maximum atomic E-state index is 10.8. The van der Waals surface area contributed by atoms with E-state index in [2.05, 4.69) is 16.6 Å². The van der Waals surface area contributed by atoms with Gasteiger partial charge in [0, 0.05) is 12.5 Å². The molecule has 6 nitrogen and oxygen atoms in total. The van der Waals surface area contributed by atoms with Crippen molar-refractivity contribution in [3.8, 4) is 0 Å². The molecule has 1 unspecified atom stereocenters. The molecule has 0 saturated heterocycles. The molecule has 15 heavy (non-hydrogen) atoms. The first-order valence-corrected chi connectivity index (χ1v) is 4.18. The van der Waals surface area contributed by atoms with Crippen LogP contribution in [-0.4, -0.2) is 30.9 Å². The van der Waals surface area contributed by atoms with Crippen LogP contribution in [0.1, 0.15) is 12.8 Å². The molecule has 6 heteroatoms. The first-order valence-electron chi connectivity index (χ1n) is 4.18. The lowest BCUT2D eigenvalue weighted by Gasteiger charge is -2.09. The number of ether oxygens (including phenoxy) is 1. The summed E-state index contributed by atoms with van der Waals surface area (Å²) in [6.07, 6.45) is 3.48. The van der Waals surface area contributed by atoms with Gasteiger partial charge in [0.1, 0.15) is 0 Å². The van der Waals surface area contributed by atoms with Crippen LogP contribution < -0.4 is 0 Å². The molecule has 0 aliphatic carbocycles. The highest BCUT2D eigenvalue weighted by Gasteiger charge is 2.10. The molecular weight excluding hydrogens is 200 g/mol. The summed E-state index contributed by atoms with van der Waals surface area (Å²) < 4.78 is 4.69. The van der Waals surface area contributed by atoms with E-state index in [-0.39, 0.29) is 6.54 Å². The Morgan fingerprint density at radius 3 is 2.73 bits per heavy atom. The third-order valence-corrected chi connectivity index (χ3v) is 1.40. The Kier molecular flexibility index (Phi) is 7.40. The van der Waals surface area contributed by atoms with Crippen molar-refractivity contribution in [3.63, 3.8) is 0 Å². The number of isocyanates is 2. The molecule has 0 aliphatic heterocycles. The highest BCUT2D eigenvalue weighted by molar-refractivity contribution is 5.81. The number of carbonyl (C=O) groups excluding carboxylic acids is 3. The molecule has 0 spiro atoms. The molecule has 0 amide bonds. The van der Waals surface area contributed by atoms with E-state index in [9.17, 15) is 14.4 Å². The molecule has 0 saturated carbocycles. The van der Waals surface area contributed by atoms with Gasteiger partial charge < -0.3 is 4.74 Å². The van der Waals surface area contributed by atoms with Gasteiger partial charge in [-0.1, -0.05) is 6.58 Å². The van der Waals surface area contributed by atoms with Crippen LogP contribution >= 0.6 is 0 Å². The van der Waals surface area contributed by atoms with Gasteiger partial charge in [-0.15, -0.1) is 0 Å². The molecule has 0 rings (SSSR count). The normalized spacial score (nSPS) is 10.4. The SMILES string of the molecule is C=CC(=O)OC(CCCN=C=O)N=C=O. The molecule has 0 radical (unpaired) electrons. The lowest BCUT2D eigenvalue weighted by Crippen LogP contribution is -2.14. The molecule has 0 aromatic rings. The second-order valence-electron chi connectivity index (χ2n) is 2.43. The Morgan fingerprint density at radius 2 is 2.20 bits per heavy atom. The zero-order valence-corrected chi connectivity index (χ0v) is 8.01. The van der Waals surface area contributed by atoms with E-state index in [4.69, 9.17) is 4.74 Å². The minimum atomic E-state index is -0.894. The van der Waals surface area contributed by atoms with Crippen LogP contribution in [-0.2, 0) is 19.1 Å². The molecule has 1 atom stereocenters. The van der Waals surface area contributed by atoms with Crippen molar-refractivity contribution in [2.45, 2.75) is 19.1 Å². The van der Waals surface area contributed by atoms with Crippen LogP contribution in [0.15, 0.2) is 22.6 Å². The van der Waals surface area contributed by atoms with E-state index in [1.807, 2.05) is 0 Å². The van der Waals surface area contributed by atoms with E-state index >= 15 is 0 Å². The van der Waals surface area contributed by atoms with Crippen LogP contribution in [0.2, 0.25) is 0 Å². The fourth-order valence-electron chi connectivity index (χ4n) is 0.781. The Balaban J connectivity index is 4.03. The fourth-order valence-corrected chi connectivity index (χ4v) is 0.781. The van der Waals surface area contributed by atoms with E-state index < -0.39 is 12.2 Å². The average Bonchev–Trinajstić information content (AvgIpc) is 2.24. The maximum Gasteiger partial charge on any atom is 0.332 e. The molecular formula is C9H10N2O4. The smallest absolute Gasteiger partial charge is 0.332 e. The van der Waals surface area contributed by atoms with Crippen molar-refractivity contribution in [1.82, 2.24) is 0 Å². The van der Waals surface area contributed by atoms with Gasteiger partial charge in [0.25, 0.3) is 0 Å². The fraction of sp³-hybridized carbons (Fsp3) is 0.444. The third-order valence-electron chi connectivity index (χ3n) is 1.40. The standard InChI is InChI=1S/C9H10N2O4/c1-2-9(14)15-8(11-7-13)4-3-5-10-6-12/h2,8H,1,3-5H2. The summed E-state index contributed by atoms with van der Waals surface area (Å²) in [6, 6.07) is 0. The highest BCUT2D eigenvalue weighted by Crippen LogP contribution is 2.04. The minimum Gasteiger partial charge on any atom is -0.436 e. The van der Waals surface area contributed by atoms with Crippen molar-refractivity contribution in [2.24, 2.45) is 9.98 Å². The monoisotopic (exact) mass is 210 g/mol. The quantitative estimate of drug-likeness (QED) is 0.201. The highest BCUT2D eigenvalue weighted by atomic mass is 16.6. The number of hydrogen-bond donors (Lipinski definition) is 0. The van der Waals surface area contributed by atoms with Crippen LogP contribution in [0.4, 0.5) is 0 Å². The van der Waals surface area contributed by atoms with Gasteiger partial charge in [0.2, 0.25) is 18.4 Å². The summed E-state index contributed by atoms with van der Waals surface area (Å²) >= 11 is 0. The summed E-state index contributed by atoms with van der Waals surface area (Å²) in [4.78, 5) is 37.0. The van der Waals surface area contributed by atoms with Gasteiger partial charge in [-0.05, 0) is 6.42 Å². The lowest BCUT2D eigenvalue weighted by atomic mass is 10.3. The van der Waals surface area contributed by atoms with E-state index in [0.29, 0.717) is 12.8 Å².